The Morgan fingerprint density at radius 2 is 1.84 bits per heavy atom. The molecule has 1 unspecified atom stereocenters. The maximum Gasteiger partial charge on any atom is 0.416 e. The van der Waals surface area contributed by atoms with Gasteiger partial charge in [0.15, 0.2) is 0 Å². The SMILES string of the molecule is CC(C)(C)OC(=O)N1CCC(C(N)c2cccc(C(F)(F)F)c2)CC1. The van der Waals surface area contributed by atoms with Gasteiger partial charge < -0.3 is 15.4 Å². The third-order valence-electron chi connectivity index (χ3n) is 4.30. The Bertz CT molecular complexity index is 603. The highest BCUT2D eigenvalue weighted by atomic mass is 19.4. The number of halogens is 3. The van der Waals surface area contributed by atoms with Crippen molar-refractivity contribution in [3.05, 3.63) is 35.4 Å². The molecule has 0 saturated carbocycles. The van der Waals surface area contributed by atoms with E-state index >= 15 is 0 Å². The van der Waals surface area contributed by atoms with Crippen molar-refractivity contribution in [3.8, 4) is 0 Å². The van der Waals surface area contributed by atoms with E-state index in [1.165, 1.54) is 6.07 Å². The maximum absolute atomic E-state index is 12.9. The summed E-state index contributed by atoms with van der Waals surface area (Å²) >= 11 is 0. The summed E-state index contributed by atoms with van der Waals surface area (Å²) in [6.45, 7) is 6.40. The molecule has 25 heavy (non-hydrogen) atoms. The van der Waals surface area contributed by atoms with E-state index in [4.69, 9.17) is 10.5 Å². The van der Waals surface area contributed by atoms with Gasteiger partial charge >= 0.3 is 12.3 Å². The number of benzene rings is 1. The molecular formula is C18H25F3N2O2. The predicted molar refractivity (Wildman–Crippen MR) is 88.9 cm³/mol. The number of amides is 1. The van der Waals surface area contributed by atoms with Gasteiger partial charge in [0, 0.05) is 19.1 Å². The molecular weight excluding hydrogens is 333 g/mol. The Balaban J connectivity index is 1.98. The summed E-state index contributed by atoms with van der Waals surface area (Å²) in [6, 6.07) is 4.68. The molecule has 0 aliphatic carbocycles. The molecule has 7 heteroatoms. The molecule has 1 aromatic carbocycles. The van der Waals surface area contributed by atoms with Crippen LogP contribution < -0.4 is 5.73 Å². The largest absolute Gasteiger partial charge is 0.444 e. The number of hydrogen-bond donors (Lipinski definition) is 1. The standard InChI is InChI=1S/C18H25F3N2O2/c1-17(2,3)25-16(24)23-9-7-12(8-10-23)15(22)13-5-4-6-14(11-13)18(19,20)21/h4-6,11-12,15H,7-10,22H2,1-3H3. The average Bonchev–Trinajstić information content (AvgIpc) is 2.52. The minimum Gasteiger partial charge on any atom is -0.444 e. The monoisotopic (exact) mass is 358 g/mol. The fourth-order valence-corrected chi connectivity index (χ4v) is 2.96. The summed E-state index contributed by atoms with van der Waals surface area (Å²) in [4.78, 5) is 13.7. The lowest BCUT2D eigenvalue weighted by Gasteiger charge is -2.35. The fraction of sp³-hybridized carbons (Fsp3) is 0.611. The number of nitrogens with two attached hydrogens (primary N) is 1. The van der Waals surface area contributed by atoms with E-state index in [0.29, 0.717) is 31.5 Å². The van der Waals surface area contributed by atoms with Gasteiger partial charge in [-0.25, -0.2) is 4.79 Å². The van der Waals surface area contributed by atoms with Crippen molar-refractivity contribution < 1.29 is 22.7 Å². The quantitative estimate of drug-likeness (QED) is 0.855. The van der Waals surface area contributed by atoms with Crippen molar-refractivity contribution in [2.24, 2.45) is 11.7 Å². The molecule has 1 saturated heterocycles. The normalized spacial score (nSPS) is 18.1. The lowest BCUT2D eigenvalue weighted by atomic mass is 9.85. The Hall–Kier alpha value is -1.76. The Labute approximate surface area is 146 Å². The van der Waals surface area contributed by atoms with Crippen LogP contribution in [0.4, 0.5) is 18.0 Å². The lowest BCUT2D eigenvalue weighted by Crippen LogP contribution is -2.43. The van der Waals surface area contributed by atoms with Crippen molar-refractivity contribution >= 4 is 6.09 Å². The molecule has 1 aromatic rings. The van der Waals surface area contributed by atoms with Crippen LogP contribution in [0.1, 0.15) is 50.8 Å². The van der Waals surface area contributed by atoms with E-state index < -0.39 is 23.4 Å². The summed E-state index contributed by atoms with van der Waals surface area (Å²) < 4.78 is 43.9. The van der Waals surface area contributed by atoms with Crippen LogP contribution in [0, 0.1) is 5.92 Å². The molecule has 1 aliphatic rings. The smallest absolute Gasteiger partial charge is 0.416 e. The van der Waals surface area contributed by atoms with E-state index in [1.807, 2.05) is 0 Å². The summed E-state index contributed by atoms with van der Waals surface area (Å²) in [6.07, 6.45) is -3.47. The van der Waals surface area contributed by atoms with Crippen LogP contribution in [-0.2, 0) is 10.9 Å². The number of carbonyl (C=O) groups excluding carboxylic acids is 1. The molecule has 0 aromatic heterocycles. The van der Waals surface area contributed by atoms with Gasteiger partial charge in [0.1, 0.15) is 5.60 Å². The summed E-state index contributed by atoms with van der Waals surface area (Å²) in [5.74, 6) is 0.0298. The third-order valence-corrected chi connectivity index (χ3v) is 4.30. The van der Waals surface area contributed by atoms with Gasteiger partial charge in [0.25, 0.3) is 0 Å². The van der Waals surface area contributed by atoms with Crippen LogP contribution in [-0.4, -0.2) is 29.7 Å². The number of likely N-dealkylation sites (tertiary alicyclic amines) is 1. The lowest BCUT2D eigenvalue weighted by molar-refractivity contribution is -0.137. The zero-order valence-corrected chi connectivity index (χ0v) is 14.8. The van der Waals surface area contributed by atoms with Gasteiger partial charge in [-0.3, -0.25) is 0 Å². The molecule has 2 N–H and O–H groups in total. The molecule has 1 aliphatic heterocycles. The van der Waals surface area contributed by atoms with E-state index in [0.717, 1.165) is 12.1 Å². The minimum absolute atomic E-state index is 0.0298. The van der Waals surface area contributed by atoms with Crippen LogP contribution in [0.2, 0.25) is 0 Å². The highest BCUT2D eigenvalue weighted by Gasteiger charge is 2.33. The van der Waals surface area contributed by atoms with Gasteiger partial charge in [0.05, 0.1) is 5.56 Å². The number of rotatable bonds is 2. The molecule has 1 fully saturated rings. The van der Waals surface area contributed by atoms with Gasteiger partial charge in [0.2, 0.25) is 0 Å². The molecule has 4 nitrogen and oxygen atoms in total. The van der Waals surface area contributed by atoms with E-state index in [2.05, 4.69) is 0 Å². The Morgan fingerprint density at radius 3 is 2.36 bits per heavy atom. The summed E-state index contributed by atoms with van der Waals surface area (Å²) in [7, 11) is 0. The number of piperidine rings is 1. The van der Waals surface area contributed by atoms with Gasteiger partial charge in [-0.15, -0.1) is 0 Å². The van der Waals surface area contributed by atoms with E-state index in [1.54, 1.807) is 31.7 Å². The second kappa shape index (κ2) is 7.23. The van der Waals surface area contributed by atoms with Crippen LogP contribution in [0.25, 0.3) is 0 Å². The molecule has 0 radical (unpaired) electrons. The van der Waals surface area contributed by atoms with Crippen molar-refractivity contribution in [2.75, 3.05) is 13.1 Å². The molecule has 1 heterocycles. The van der Waals surface area contributed by atoms with Crippen molar-refractivity contribution in [1.29, 1.82) is 0 Å². The second-order valence-corrected chi connectivity index (χ2v) is 7.45. The van der Waals surface area contributed by atoms with Crippen LogP contribution in [0.15, 0.2) is 24.3 Å². The molecule has 1 amide bonds. The fourth-order valence-electron chi connectivity index (χ4n) is 2.96. The van der Waals surface area contributed by atoms with Crippen molar-refractivity contribution in [2.45, 2.75) is 51.4 Å². The predicted octanol–water partition coefficient (Wildman–Crippen LogP) is 4.35. The number of alkyl halides is 3. The molecule has 140 valence electrons. The highest BCUT2D eigenvalue weighted by molar-refractivity contribution is 5.68. The van der Waals surface area contributed by atoms with Crippen molar-refractivity contribution in [3.63, 3.8) is 0 Å². The van der Waals surface area contributed by atoms with Gasteiger partial charge in [-0.2, -0.15) is 13.2 Å². The maximum atomic E-state index is 12.9. The number of nitrogens with zero attached hydrogens (tertiary/aromatic N) is 1. The zero-order chi connectivity index (χ0) is 18.8. The van der Waals surface area contributed by atoms with Crippen LogP contribution in [0.3, 0.4) is 0 Å². The highest BCUT2D eigenvalue weighted by Crippen LogP contribution is 2.34. The first kappa shape index (κ1) is 19.6. The first-order valence-electron chi connectivity index (χ1n) is 8.38. The van der Waals surface area contributed by atoms with E-state index in [9.17, 15) is 18.0 Å². The van der Waals surface area contributed by atoms with E-state index in [-0.39, 0.29) is 12.0 Å². The van der Waals surface area contributed by atoms with Crippen LogP contribution >= 0.6 is 0 Å². The van der Waals surface area contributed by atoms with Crippen LogP contribution in [0.5, 0.6) is 0 Å². The first-order valence-corrected chi connectivity index (χ1v) is 8.38. The number of hydrogen-bond acceptors (Lipinski definition) is 3. The van der Waals surface area contributed by atoms with Crippen molar-refractivity contribution in [1.82, 2.24) is 4.90 Å². The summed E-state index contributed by atoms with van der Waals surface area (Å²) in [5, 5.41) is 0. The Kier molecular flexibility index (Phi) is 5.66. The summed E-state index contributed by atoms with van der Waals surface area (Å²) in [5.41, 5.74) is 5.44. The van der Waals surface area contributed by atoms with Gasteiger partial charge in [-0.05, 0) is 57.2 Å². The molecule has 0 spiro atoms. The Morgan fingerprint density at radius 1 is 1.24 bits per heavy atom. The first-order chi connectivity index (χ1) is 11.5. The topological polar surface area (TPSA) is 55.6 Å². The third kappa shape index (κ3) is 5.36. The molecule has 0 bridgehead atoms. The van der Waals surface area contributed by atoms with Gasteiger partial charge in [-0.1, -0.05) is 12.1 Å². The average molecular weight is 358 g/mol. The second-order valence-electron chi connectivity index (χ2n) is 7.45. The zero-order valence-electron chi connectivity index (χ0n) is 14.8. The molecule has 2 rings (SSSR count). The minimum atomic E-state index is -4.38. The molecule has 1 atom stereocenters. The number of carbonyl (C=O) groups is 1. The number of ether oxygens (including phenoxy) is 1.